The molecule has 5 nitrogen and oxygen atoms in total. The number of aromatic nitrogens is 2. The molecule has 3 aromatic rings. The lowest BCUT2D eigenvalue weighted by Gasteiger charge is -2.10. The molecule has 0 saturated carbocycles. The highest BCUT2D eigenvalue weighted by atomic mass is 35.5. The maximum absolute atomic E-state index is 12.0. The van der Waals surface area contributed by atoms with Crippen molar-refractivity contribution in [2.45, 2.75) is 13.5 Å². The van der Waals surface area contributed by atoms with Gasteiger partial charge in [0.25, 0.3) is 5.91 Å². The average molecular weight is 342 g/mol. The number of nitrogens with one attached hydrogen (secondary N) is 1. The topological polar surface area (TPSA) is 64.1 Å². The Labute approximate surface area is 144 Å². The van der Waals surface area contributed by atoms with Crippen molar-refractivity contribution >= 4 is 28.4 Å². The van der Waals surface area contributed by atoms with Gasteiger partial charge in [-0.2, -0.15) is 0 Å². The Balaban J connectivity index is 1.61. The summed E-state index contributed by atoms with van der Waals surface area (Å²) in [6, 6.07) is 12.8. The van der Waals surface area contributed by atoms with Crippen molar-refractivity contribution in [3.05, 3.63) is 65.1 Å². The van der Waals surface area contributed by atoms with E-state index in [0.29, 0.717) is 22.8 Å². The SMILES string of the molecule is Cc1cccc(CNC(=O)COc2ccc(Cl)c3cccnc23)n1. The molecule has 0 spiro atoms. The molecule has 0 aliphatic heterocycles. The number of amides is 1. The number of carbonyl (C=O) groups is 1. The minimum absolute atomic E-state index is 0.0981. The molecule has 0 aliphatic rings. The molecule has 0 aliphatic carbocycles. The van der Waals surface area contributed by atoms with Crippen LogP contribution >= 0.6 is 11.6 Å². The Morgan fingerprint density at radius 1 is 1.21 bits per heavy atom. The van der Waals surface area contributed by atoms with Gasteiger partial charge in [0, 0.05) is 17.3 Å². The molecule has 6 heteroatoms. The summed E-state index contributed by atoms with van der Waals surface area (Å²) in [6.07, 6.45) is 1.66. The van der Waals surface area contributed by atoms with Crippen molar-refractivity contribution in [2.24, 2.45) is 0 Å². The molecule has 0 fully saturated rings. The van der Waals surface area contributed by atoms with Crippen molar-refractivity contribution < 1.29 is 9.53 Å². The molecule has 0 atom stereocenters. The lowest BCUT2D eigenvalue weighted by molar-refractivity contribution is -0.123. The number of carbonyl (C=O) groups excluding carboxylic acids is 1. The van der Waals surface area contributed by atoms with Gasteiger partial charge in [-0.25, -0.2) is 0 Å². The highest BCUT2D eigenvalue weighted by Gasteiger charge is 2.09. The van der Waals surface area contributed by atoms with E-state index in [2.05, 4.69) is 15.3 Å². The predicted octanol–water partition coefficient (Wildman–Crippen LogP) is 3.29. The molecular formula is C18H16ClN3O2. The lowest BCUT2D eigenvalue weighted by atomic mass is 10.2. The number of aryl methyl sites for hydroxylation is 1. The van der Waals surface area contributed by atoms with E-state index in [1.807, 2.05) is 31.2 Å². The summed E-state index contributed by atoms with van der Waals surface area (Å²) in [5, 5.41) is 4.17. The number of nitrogens with zero attached hydrogens (tertiary/aromatic N) is 2. The first kappa shape index (κ1) is 16.2. The van der Waals surface area contributed by atoms with Gasteiger partial charge < -0.3 is 10.1 Å². The Morgan fingerprint density at radius 2 is 2.08 bits per heavy atom. The largest absolute Gasteiger partial charge is 0.481 e. The van der Waals surface area contributed by atoms with Crippen LogP contribution in [0.5, 0.6) is 5.75 Å². The van der Waals surface area contributed by atoms with Crippen molar-refractivity contribution in [3.8, 4) is 5.75 Å². The summed E-state index contributed by atoms with van der Waals surface area (Å²) >= 11 is 6.14. The molecule has 122 valence electrons. The Hall–Kier alpha value is -2.66. The first-order valence-electron chi connectivity index (χ1n) is 7.49. The molecule has 0 saturated heterocycles. The Bertz CT molecular complexity index is 883. The predicted molar refractivity (Wildman–Crippen MR) is 93.1 cm³/mol. The van der Waals surface area contributed by atoms with Gasteiger partial charge in [0.15, 0.2) is 6.61 Å². The number of pyridine rings is 2. The van der Waals surface area contributed by atoms with E-state index in [9.17, 15) is 4.79 Å². The number of ether oxygens (including phenoxy) is 1. The zero-order chi connectivity index (χ0) is 16.9. The standard InChI is InChI=1S/C18H16ClN3O2/c1-12-4-2-5-13(22-12)10-21-17(23)11-24-16-8-7-15(19)14-6-3-9-20-18(14)16/h2-9H,10-11H2,1H3,(H,21,23). The summed E-state index contributed by atoms with van der Waals surface area (Å²) in [5.74, 6) is 0.302. The third-order valence-electron chi connectivity index (χ3n) is 3.45. The van der Waals surface area contributed by atoms with Gasteiger partial charge in [-0.05, 0) is 43.3 Å². The number of halogens is 1. The Morgan fingerprint density at radius 3 is 2.92 bits per heavy atom. The highest BCUT2D eigenvalue weighted by molar-refractivity contribution is 6.35. The maximum atomic E-state index is 12.0. The molecule has 0 unspecified atom stereocenters. The molecule has 2 heterocycles. The third-order valence-corrected chi connectivity index (χ3v) is 3.78. The van der Waals surface area contributed by atoms with E-state index in [0.717, 1.165) is 16.8 Å². The fourth-order valence-electron chi connectivity index (χ4n) is 2.31. The van der Waals surface area contributed by atoms with Crippen LogP contribution < -0.4 is 10.1 Å². The van der Waals surface area contributed by atoms with Crippen LogP contribution in [-0.2, 0) is 11.3 Å². The molecule has 3 rings (SSSR count). The van der Waals surface area contributed by atoms with Gasteiger partial charge in [-0.15, -0.1) is 0 Å². The number of benzene rings is 1. The minimum atomic E-state index is -0.225. The quantitative estimate of drug-likeness (QED) is 0.773. The monoisotopic (exact) mass is 341 g/mol. The van der Waals surface area contributed by atoms with E-state index in [1.54, 1.807) is 24.4 Å². The third kappa shape index (κ3) is 3.81. The molecule has 0 bridgehead atoms. The van der Waals surface area contributed by atoms with Crippen molar-refractivity contribution in [1.82, 2.24) is 15.3 Å². The summed E-state index contributed by atoms with van der Waals surface area (Å²) in [6.45, 7) is 2.18. The van der Waals surface area contributed by atoms with Crippen LogP contribution in [0.4, 0.5) is 0 Å². The van der Waals surface area contributed by atoms with E-state index in [-0.39, 0.29) is 12.5 Å². The van der Waals surface area contributed by atoms with Crippen LogP contribution in [-0.4, -0.2) is 22.5 Å². The van der Waals surface area contributed by atoms with Crippen LogP contribution in [0.25, 0.3) is 10.9 Å². The summed E-state index contributed by atoms with van der Waals surface area (Å²) < 4.78 is 5.59. The number of rotatable bonds is 5. The first-order valence-corrected chi connectivity index (χ1v) is 7.86. The molecule has 0 radical (unpaired) electrons. The fourth-order valence-corrected chi connectivity index (χ4v) is 2.53. The minimum Gasteiger partial charge on any atom is -0.481 e. The highest BCUT2D eigenvalue weighted by Crippen LogP contribution is 2.29. The van der Waals surface area contributed by atoms with Gasteiger partial charge in [-0.1, -0.05) is 17.7 Å². The summed E-state index contributed by atoms with van der Waals surface area (Å²) in [5.41, 5.74) is 2.36. The van der Waals surface area contributed by atoms with Crippen molar-refractivity contribution in [1.29, 1.82) is 0 Å². The van der Waals surface area contributed by atoms with Gasteiger partial charge in [-0.3, -0.25) is 14.8 Å². The second kappa shape index (κ2) is 7.27. The molecular weight excluding hydrogens is 326 g/mol. The van der Waals surface area contributed by atoms with Crippen LogP contribution in [0.3, 0.4) is 0 Å². The first-order chi connectivity index (χ1) is 11.6. The van der Waals surface area contributed by atoms with E-state index in [1.165, 1.54) is 0 Å². The van der Waals surface area contributed by atoms with E-state index >= 15 is 0 Å². The average Bonchev–Trinajstić information content (AvgIpc) is 2.60. The molecule has 24 heavy (non-hydrogen) atoms. The second-order valence-electron chi connectivity index (χ2n) is 5.28. The van der Waals surface area contributed by atoms with Gasteiger partial charge >= 0.3 is 0 Å². The van der Waals surface area contributed by atoms with Gasteiger partial charge in [0.05, 0.1) is 17.3 Å². The molecule has 1 amide bonds. The normalized spacial score (nSPS) is 10.6. The van der Waals surface area contributed by atoms with E-state index < -0.39 is 0 Å². The van der Waals surface area contributed by atoms with Crippen molar-refractivity contribution in [3.63, 3.8) is 0 Å². The summed E-state index contributed by atoms with van der Waals surface area (Å²) in [7, 11) is 0. The van der Waals surface area contributed by atoms with Gasteiger partial charge in [0.1, 0.15) is 11.3 Å². The second-order valence-corrected chi connectivity index (χ2v) is 5.69. The van der Waals surface area contributed by atoms with E-state index in [4.69, 9.17) is 16.3 Å². The van der Waals surface area contributed by atoms with Crippen LogP contribution in [0.2, 0.25) is 5.02 Å². The van der Waals surface area contributed by atoms with Crippen LogP contribution in [0, 0.1) is 6.92 Å². The van der Waals surface area contributed by atoms with Gasteiger partial charge in [0.2, 0.25) is 0 Å². The molecule has 2 aromatic heterocycles. The maximum Gasteiger partial charge on any atom is 0.258 e. The zero-order valence-electron chi connectivity index (χ0n) is 13.1. The zero-order valence-corrected chi connectivity index (χ0v) is 13.9. The fraction of sp³-hybridized carbons (Fsp3) is 0.167. The number of hydrogen-bond acceptors (Lipinski definition) is 4. The van der Waals surface area contributed by atoms with Crippen LogP contribution in [0.15, 0.2) is 48.7 Å². The summed E-state index contributed by atoms with van der Waals surface area (Å²) in [4.78, 5) is 20.6. The Kier molecular flexibility index (Phi) is 4.91. The lowest BCUT2D eigenvalue weighted by Crippen LogP contribution is -2.28. The smallest absolute Gasteiger partial charge is 0.258 e. The number of hydrogen-bond donors (Lipinski definition) is 1. The van der Waals surface area contributed by atoms with Crippen molar-refractivity contribution in [2.75, 3.05) is 6.61 Å². The molecule has 1 aromatic carbocycles. The van der Waals surface area contributed by atoms with Crippen LogP contribution in [0.1, 0.15) is 11.4 Å². The number of fused-ring (bicyclic) bond motifs is 1. The molecule has 1 N–H and O–H groups in total.